The number of amidine groups is 1. The van der Waals surface area contributed by atoms with Crippen LogP contribution in [0.2, 0.25) is 0 Å². The monoisotopic (exact) mass is 316 g/mol. The summed E-state index contributed by atoms with van der Waals surface area (Å²) in [5.74, 6) is 0.643. The fourth-order valence-electron chi connectivity index (χ4n) is 2.31. The second kappa shape index (κ2) is 6.92. The van der Waals surface area contributed by atoms with E-state index in [0.29, 0.717) is 19.0 Å². The van der Waals surface area contributed by atoms with Gasteiger partial charge in [-0.1, -0.05) is 36.4 Å². The van der Waals surface area contributed by atoms with Crippen molar-refractivity contribution < 1.29 is 9.47 Å². The van der Waals surface area contributed by atoms with Crippen LogP contribution in [0.15, 0.2) is 53.5 Å². The largest absolute Gasteiger partial charge is 0.386 e. The van der Waals surface area contributed by atoms with Crippen LogP contribution in [0.25, 0.3) is 11.1 Å². The molecule has 0 atom stereocenters. The van der Waals surface area contributed by atoms with E-state index in [4.69, 9.17) is 26.8 Å². The Morgan fingerprint density at radius 1 is 1.00 bits per heavy atom. The average Bonchev–Trinajstić information content (AvgIpc) is 3.10. The number of hydrogen-bond donors (Lipinski definition) is 1. The number of aliphatic imine (C=N–C) groups is 1. The highest BCUT2D eigenvalue weighted by Crippen LogP contribution is 2.27. The minimum absolute atomic E-state index is 0.231. The van der Waals surface area contributed by atoms with Crippen LogP contribution in [-0.2, 0) is 9.47 Å². The highest BCUT2D eigenvalue weighted by atomic mass is 35.5. The summed E-state index contributed by atoms with van der Waals surface area (Å²) in [4.78, 5) is 4.21. The van der Waals surface area contributed by atoms with E-state index in [1.165, 1.54) is 0 Å². The molecule has 1 saturated heterocycles. The summed E-state index contributed by atoms with van der Waals surface area (Å²) >= 11 is 5.62. The number of halogens is 1. The van der Waals surface area contributed by atoms with Gasteiger partial charge in [-0.2, -0.15) is 0 Å². The van der Waals surface area contributed by atoms with Crippen molar-refractivity contribution in [2.24, 2.45) is 10.7 Å². The van der Waals surface area contributed by atoms with Crippen LogP contribution in [-0.4, -0.2) is 24.9 Å². The van der Waals surface area contributed by atoms with Gasteiger partial charge in [-0.3, -0.25) is 0 Å². The lowest BCUT2D eigenvalue weighted by atomic mass is 10.0. The standard InChI is InChI=1S/C17H17ClN2O2/c18-11-16(19)20-15-7-5-13(6-8-15)12-1-3-14(4-2-12)17-21-9-10-22-17/h1-8,17H,9-11H2,(H2,19,20). The van der Waals surface area contributed by atoms with E-state index in [1.54, 1.807) is 0 Å². The zero-order chi connectivity index (χ0) is 15.4. The summed E-state index contributed by atoms with van der Waals surface area (Å²) in [5, 5.41) is 0. The van der Waals surface area contributed by atoms with E-state index in [2.05, 4.69) is 17.1 Å². The third kappa shape index (κ3) is 3.47. The maximum absolute atomic E-state index is 5.62. The topological polar surface area (TPSA) is 56.8 Å². The van der Waals surface area contributed by atoms with Crippen molar-refractivity contribution in [2.45, 2.75) is 6.29 Å². The molecule has 2 aromatic rings. The van der Waals surface area contributed by atoms with E-state index < -0.39 is 0 Å². The Bertz CT molecular complexity index is 647. The van der Waals surface area contributed by atoms with Gasteiger partial charge in [0.15, 0.2) is 6.29 Å². The summed E-state index contributed by atoms with van der Waals surface area (Å²) in [6, 6.07) is 16.1. The first-order valence-corrected chi connectivity index (χ1v) is 7.62. The maximum Gasteiger partial charge on any atom is 0.184 e. The zero-order valence-corrected chi connectivity index (χ0v) is 12.8. The van der Waals surface area contributed by atoms with Gasteiger partial charge in [-0.05, 0) is 23.3 Å². The molecular weight excluding hydrogens is 300 g/mol. The highest BCUT2D eigenvalue weighted by molar-refractivity contribution is 6.28. The van der Waals surface area contributed by atoms with Gasteiger partial charge in [0.1, 0.15) is 5.84 Å². The predicted molar refractivity (Wildman–Crippen MR) is 88.5 cm³/mol. The van der Waals surface area contributed by atoms with Crippen LogP contribution in [0.5, 0.6) is 0 Å². The predicted octanol–water partition coefficient (Wildman–Crippen LogP) is 3.63. The van der Waals surface area contributed by atoms with Gasteiger partial charge in [-0.25, -0.2) is 4.99 Å². The lowest BCUT2D eigenvalue weighted by Gasteiger charge is -2.10. The summed E-state index contributed by atoms with van der Waals surface area (Å²) in [6.07, 6.45) is -0.232. The molecule has 1 aliphatic heterocycles. The molecule has 0 spiro atoms. The molecule has 0 saturated carbocycles. The molecule has 114 valence electrons. The van der Waals surface area contributed by atoms with Gasteiger partial charge in [0.25, 0.3) is 0 Å². The summed E-state index contributed by atoms with van der Waals surface area (Å²) in [6.45, 7) is 1.31. The van der Waals surface area contributed by atoms with Crippen LogP contribution in [0.1, 0.15) is 11.9 Å². The molecule has 1 fully saturated rings. The number of ether oxygens (including phenoxy) is 2. The lowest BCUT2D eigenvalue weighted by molar-refractivity contribution is -0.0441. The normalized spacial score (nSPS) is 16.1. The Labute approximate surface area is 134 Å². The molecule has 5 heteroatoms. The minimum atomic E-state index is -0.232. The number of benzene rings is 2. The van der Waals surface area contributed by atoms with Crippen LogP contribution in [0.4, 0.5) is 5.69 Å². The molecule has 0 unspecified atom stereocenters. The summed E-state index contributed by atoms with van der Waals surface area (Å²) in [5.41, 5.74) is 9.70. The number of nitrogens with zero attached hydrogens (tertiary/aromatic N) is 1. The minimum Gasteiger partial charge on any atom is -0.386 e. The molecular formula is C17H17ClN2O2. The molecule has 3 rings (SSSR count). The molecule has 0 radical (unpaired) electrons. The van der Waals surface area contributed by atoms with Crippen molar-refractivity contribution in [1.29, 1.82) is 0 Å². The number of alkyl halides is 1. The maximum atomic E-state index is 5.62. The van der Waals surface area contributed by atoms with Crippen molar-refractivity contribution in [1.82, 2.24) is 0 Å². The van der Waals surface area contributed by atoms with Gasteiger partial charge >= 0.3 is 0 Å². The first kappa shape index (κ1) is 15.0. The quantitative estimate of drug-likeness (QED) is 0.532. The van der Waals surface area contributed by atoms with Gasteiger partial charge < -0.3 is 15.2 Å². The lowest BCUT2D eigenvalue weighted by Crippen LogP contribution is -2.12. The Hall–Kier alpha value is -1.88. The van der Waals surface area contributed by atoms with E-state index in [-0.39, 0.29) is 12.2 Å². The molecule has 22 heavy (non-hydrogen) atoms. The van der Waals surface area contributed by atoms with Crippen LogP contribution >= 0.6 is 11.6 Å². The van der Waals surface area contributed by atoms with Crippen molar-refractivity contribution in [2.75, 3.05) is 19.1 Å². The van der Waals surface area contributed by atoms with Crippen molar-refractivity contribution in [3.05, 3.63) is 54.1 Å². The molecule has 2 aromatic carbocycles. The van der Waals surface area contributed by atoms with E-state index >= 15 is 0 Å². The molecule has 1 aliphatic rings. The van der Waals surface area contributed by atoms with Crippen LogP contribution in [0, 0.1) is 0 Å². The van der Waals surface area contributed by atoms with Crippen molar-refractivity contribution in [3.8, 4) is 11.1 Å². The first-order valence-electron chi connectivity index (χ1n) is 7.09. The smallest absolute Gasteiger partial charge is 0.184 e. The first-order chi connectivity index (χ1) is 10.8. The molecule has 0 amide bonds. The molecule has 0 aromatic heterocycles. The van der Waals surface area contributed by atoms with E-state index in [1.807, 2.05) is 36.4 Å². The fourth-order valence-corrected chi connectivity index (χ4v) is 2.37. The average molecular weight is 317 g/mol. The summed E-state index contributed by atoms with van der Waals surface area (Å²) < 4.78 is 11.0. The molecule has 4 nitrogen and oxygen atoms in total. The van der Waals surface area contributed by atoms with Gasteiger partial charge in [0.2, 0.25) is 0 Å². The highest BCUT2D eigenvalue weighted by Gasteiger charge is 2.17. The molecule has 0 bridgehead atoms. The molecule has 0 aliphatic carbocycles. The Balaban J connectivity index is 1.76. The molecule has 2 N–H and O–H groups in total. The van der Waals surface area contributed by atoms with Crippen molar-refractivity contribution >= 4 is 23.1 Å². The van der Waals surface area contributed by atoms with E-state index in [0.717, 1.165) is 22.4 Å². The van der Waals surface area contributed by atoms with Crippen LogP contribution in [0.3, 0.4) is 0 Å². The van der Waals surface area contributed by atoms with Gasteiger partial charge in [0, 0.05) is 5.56 Å². The Kier molecular flexibility index (Phi) is 4.73. The molecule has 1 heterocycles. The Morgan fingerprint density at radius 2 is 1.55 bits per heavy atom. The zero-order valence-electron chi connectivity index (χ0n) is 12.0. The van der Waals surface area contributed by atoms with Gasteiger partial charge in [0.05, 0.1) is 24.8 Å². The SMILES string of the molecule is NC(CCl)=Nc1ccc(-c2ccc(C3OCCO3)cc2)cc1. The van der Waals surface area contributed by atoms with E-state index in [9.17, 15) is 0 Å². The second-order valence-corrected chi connectivity index (χ2v) is 5.25. The second-order valence-electron chi connectivity index (χ2n) is 4.98. The number of nitrogens with two attached hydrogens (primary N) is 1. The Morgan fingerprint density at radius 3 is 2.09 bits per heavy atom. The summed E-state index contributed by atoms with van der Waals surface area (Å²) in [7, 11) is 0. The number of rotatable bonds is 4. The third-order valence-corrected chi connectivity index (χ3v) is 3.69. The third-order valence-electron chi connectivity index (χ3n) is 3.41. The van der Waals surface area contributed by atoms with Gasteiger partial charge in [-0.15, -0.1) is 11.6 Å². The van der Waals surface area contributed by atoms with Crippen molar-refractivity contribution in [3.63, 3.8) is 0 Å². The fraction of sp³-hybridized carbons (Fsp3) is 0.235. The number of hydrogen-bond acceptors (Lipinski definition) is 3. The van der Waals surface area contributed by atoms with Crippen LogP contribution < -0.4 is 5.73 Å².